The zero-order valence-corrected chi connectivity index (χ0v) is 11.5. The minimum Gasteiger partial charge on any atom is -0.485 e. The van der Waals surface area contributed by atoms with E-state index in [2.05, 4.69) is 17.1 Å². The van der Waals surface area contributed by atoms with Crippen molar-refractivity contribution in [2.45, 2.75) is 32.9 Å². The Morgan fingerprint density at radius 3 is 3.00 bits per heavy atom. The molecule has 1 aromatic heterocycles. The number of hydrogen-bond donors (Lipinski definition) is 1. The predicted molar refractivity (Wildman–Crippen MR) is 72.0 cm³/mol. The fraction of sp³-hybridized carbons (Fsp3) is 0.385. The second-order valence-electron chi connectivity index (χ2n) is 4.06. The Balaban J connectivity index is 2.03. The maximum Gasteiger partial charge on any atom is 0.226 e. The molecule has 5 nitrogen and oxygen atoms in total. The Hall–Kier alpha value is -1.59. The van der Waals surface area contributed by atoms with Crippen molar-refractivity contribution in [3.63, 3.8) is 0 Å². The van der Waals surface area contributed by atoms with Gasteiger partial charge in [-0.15, -0.1) is 0 Å². The molecule has 0 amide bonds. The predicted octanol–water partition coefficient (Wildman–Crippen LogP) is 2.71. The molecule has 0 aliphatic rings. The van der Waals surface area contributed by atoms with Gasteiger partial charge in [0, 0.05) is 23.6 Å². The summed E-state index contributed by atoms with van der Waals surface area (Å²) in [7, 11) is 0. The molecule has 2 N–H and O–H groups in total. The second kappa shape index (κ2) is 6.54. The number of hydrogen-bond acceptors (Lipinski definition) is 5. The Morgan fingerprint density at radius 2 is 2.26 bits per heavy atom. The summed E-state index contributed by atoms with van der Waals surface area (Å²) in [6.07, 6.45) is 1.74. The fourth-order valence-corrected chi connectivity index (χ4v) is 1.92. The van der Waals surface area contributed by atoms with Crippen molar-refractivity contribution < 1.29 is 9.26 Å². The summed E-state index contributed by atoms with van der Waals surface area (Å²) in [6.45, 7) is 2.61. The second-order valence-corrected chi connectivity index (χ2v) is 4.47. The molecule has 0 aliphatic heterocycles. The van der Waals surface area contributed by atoms with Gasteiger partial charge in [0.1, 0.15) is 5.75 Å². The van der Waals surface area contributed by atoms with Gasteiger partial charge in [-0.2, -0.15) is 4.98 Å². The van der Waals surface area contributed by atoms with Gasteiger partial charge in [0.25, 0.3) is 0 Å². The number of nitrogens with zero attached hydrogens (tertiary/aromatic N) is 2. The lowest BCUT2D eigenvalue weighted by Gasteiger charge is -2.09. The highest BCUT2D eigenvalue weighted by Gasteiger charge is 2.09. The molecule has 0 saturated carbocycles. The lowest BCUT2D eigenvalue weighted by Crippen LogP contribution is -2.04. The van der Waals surface area contributed by atoms with Crippen LogP contribution >= 0.6 is 11.6 Å². The molecule has 1 heterocycles. The molecule has 0 bridgehead atoms. The highest BCUT2D eigenvalue weighted by Crippen LogP contribution is 2.26. The van der Waals surface area contributed by atoms with Crippen LogP contribution in [0.5, 0.6) is 5.75 Å². The normalized spacial score (nSPS) is 10.7. The first-order valence-electron chi connectivity index (χ1n) is 6.16. The Morgan fingerprint density at radius 1 is 1.42 bits per heavy atom. The van der Waals surface area contributed by atoms with Crippen LogP contribution in [0, 0.1) is 0 Å². The fourth-order valence-electron chi connectivity index (χ4n) is 1.68. The lowest BCUT2D eigenvalue weighted by molar-refractivity contribution is 0.282. The molecule has 0 fully saturated rings. The van der Waals surface area contributed by atoms with Crippen molar-refractivity contribution >= 4 is 11.6 Å². The molecular weight excluding hydrogens is 266 g/mol. The van der Waals surface area contributed by atoms with Gasteiger partial charge in [-0.1, -0.05) is 29.7 Å². The first kappa shape index (κ1) is 13.8. The van der Waals surface area contributed by atoms with Crippen molar-refractivity contribution in [1.82, 2.24) is 10.1 Å². The number of aromatic nitrogens is 2. The number of aryl methyl sites for hydroxylation is 1. The van der Waals surface area contributed by atoms with Crippen LogP contribution in [0.4, 0.5) is 0 Å². The van der Waals surface area contributed by atoms with Crippen LogP contribution in [0.2, 0.25) is 5.02 Å². The molecule has 19 heavy (non-hydrogen) atoms. The van der Waals surface area contributed by atoms with Crippen LogP contribution in [-0.4, -0.2) is 10.1 Å². The van der Waals surface area contributed by atoms with E-state index < -0.39 is 0 Å². The number of halogens is 1. The first-order valence-corrected chi connectivity index (χ1v) is 6.54. The molecule has 6 heteroatoms. The molecule has 0 aliphatic carbocycles. The van der Waals surface area contributed by atoms with E-state index in [1.165, 1.54) is 0 Å². The highest BCUT2D eigenvalue weighted by molar-refractivity contribution is 6.31. The molecule has 1 aromatic carbocycles. The summed E-state index contributed by atoms with van der Waals surface area (Å²) in [4.78, 5) is 4.23. The molecule has 2 rings (SSSR count). The third-order valence-corrected chi connectivity index (χ3v) is 2.96. The van der Waals surface area contributed by atoms with Crippen molar-refractivity contribution in [1.29, 1.82) is 0 Å². The zero-order valence-electron chi connectivity index (χ0n) is 10.7. The van der Waals surface area contributed by atoms with E-state index in [1.807, 2.05) is 12.1 Å². The molecule has 0 spiro atoms. The quantitative estimate of drug-likeness (QED) is 0.881. The summed E-state index contributed by atoms with van der Waals surface area (Å²) >= 11 is 6.05. The molecular formula is C13H16ClN3O2. The van der Waals surface area contributed by atoms with Gasteiger partial charge in [0.2, 0.25) is 11.7 Å². The van der Waals surface area contributed by atoms with E-state index in [4.69, 9.17) is 26.6 Å². The van der Waals surface area contributed by atoms with Crippen LogP contribution in [0.25, 0.3) is 0 Å². The third kappa shape index (κ3) is 3.45. The van der Waals surface area contributed by atoms with Crippen LogP contribution in [0.3, 0.4) is 0 Å². The zero-order chi connectivity index (χ0) is 13.7. The van der Waals surface area contributed by atoms with E-state index >= 15 is 0 Å². The summed E-state index contributed by atoms with van der Waals surface area (Å²) in [5.41, 5.74) is 6.43. The highest BCUT2D eigenvalue weighted by atomic mass is 35.5. The minimum atomic E-state index is 0.237. The lowest BCUT2D eigenvalue weighted by atomic mass is 10.2. The van der Waals surface area contributed by atoms with Gasteiger partial charge >= 0.3 is 0 Å². The van der Waals surface area contributed by atoms with Gasteiger partial charge in [-0.05, 0) is 18.6 Å². The Labute approximate surface area is 116 Å². The average Bonchev–Trinajstić information content (AvgIpc) is 2.84. The average molecular weight is 282 g/mol. The van der Waals surface area contributed by atoms with E-state index in [1.54, 1.807) is 6.07 Å². The molecule has 102 valence electrons. The summed E-state index contributed by atoms with van der Waals surface area (Å²) in [5, 5.41) is 4.45. The number of rotatable bonds is 6. The number of benzene rings is 1. The van der Waals surface area contributed by atoms with E-state index in [-0.39, 0.29) is 6.61 Å². The Kier molecular flexibility index (Phi) is 4.76. The van der Waals surface area contributed by atoms with Crippen molar-refractivity contribution in [2.75, 3.05) is 0 Å². The van der Waals surface area contributed by atoms with Crippen molar-refractivity contribution in [3.05, 3.63) is 40.5 Å². The summed E-state index contributed by atoms with van der Waals surface area (Å²) in [6, 6.07) is 5.42. The third-order valence-electron chi connectivity index (χ3n) is 2.61. The first-order chi connectivity index (χ1) is 9.24. The minimum absolute atomic E-state index is 0.237. The van der Waals surface area contributed by atoms with Crippen LogP contribution in [-0.2, 0) is 19.6 Å². The number of nitrogens with two attached hydrogens (primary N) is 1. The van der Waals surface area contributed by atoms with Gasteiger partial charge in [-0.25, -0.2) is 0 Å². The monoisotopic (exact) mass is 281 g/mol. The smallest absolute Gasteiger partial charge is 0.226 e. The summed E-state index contributed by atoms with van der Waals surface area (Å²) < 4.78 is 10.7. The maximum atomic E-state index is 6.05. The Bertz CT molecular complexity index is 542. The standard InChI is InChI=1S/C13H16ClN3O2/c1-2-4-13-16-12(17-19-13)8-18-11-6-3-5-10(14)9(11)7-15/h3,5-6H,2,4,7-8,15H2,1H3. The van der Waals surface area contributed by atoms with Gasteiger partial charge < -0.3 is 15.0 Å². The van der Waals surface area contributed by atoms with Crippen molar-refractivity contribution in [3.8, 4) is 5.75 Å². The molecule has 0 atom stereocenters. The summed E-state index contributed by atoms with van der Waals surface area (Å²) in [5.74, 6) is 1.80. The molecule has 2 aromatic rings. The van der Waals surface area contributed by atoms with E-state index in [0.29, 0.717) is 29.0 Å². The molecule has 0 saturated heterocycles. The van der Waals surface area contributed by atoms with Gasteiger partial charge in [0.05, 0.1) is 0 Å². The van der Waals surface area contributed by atoms with Crippen LogP contribution in [0.1, 0.15) is 30.6 Å². The van der Waals surface area contributed by atoms with Crippen molar-refractivity contribution in [2.24, 2.45) is 5.73 Å². The largest absolute Gasteiger partial charge is 0.485 e. The topological polar surface area (TPSA) is 74.2 Å². The molecule has 0 unspecified atom stereocenters. The molecule has 0 radical (unpaired) electrons. The van der Waals surface area contributed by atoms with E-state index in [0.717, 1.165) is 18.4 Å². The van der Waals surface area contributed by atoms with Crippen LogP contribution in [0.15, 0.2) is 22.7 Å². The van der Waals surface area contributed by atoms with Crippen LogP contribution < -0.4 is 10.5 Å². The van der Waals surface area contributed by atoms with E-state index in [9.17, 15) is 0 Å². The van der Waals surface area contributed by atoms with Gasteiger partial charge in [0.15, 0.2) is 6.61 Å². The SMILES string of the molecule is CCCc1nc(COc2cccc(Cl)c2CN)no1. The van der Waals surface area contributed by atoms with Gasteiger partial charge in [-0.3, -0.25) is 0 Å². The number of ether oxygens (including phenoxy) is 1. The maximum absolute atomic E-state index is 6.05.